The summed E-state index contributed by atoms with van der Waals surface area (Å²) in [6, 6.07) is 20.1. The number of pyridine rings is 2. The molecular weight excluding hydrogens is 819 g/mol. The lowest BCUT2D eigenvalue weighted by Gasteiger charge is -2.27. The SMILES string of the molecule is CC(C)(C)C#Cc1cccc(COc2cc(-c3cnc(CC4CC4)s3)cnc2N)c1.CN1CCC(c2cnc(-c3cnc(N)c(OCc4cccc(C#CC(C)(C)C)c4)c3)s2)CC1. The number of nitrogens with two attached hydrogens (primary N) is 2. The van der Waals surface area contributed by atoms with Crippen molar-refractivity contribution in [2.75, 3.05) is 31.6 Å². The molecule has 2 aromatic carbocycles. The van der Waals surface area contributed by atoms with Gasteiger partial charge in [0.1, 0.15) is 18.2 Å². The van der Waals surface area contributed by atoms with Crippen LogP contribution in [0.5, 0.6) is 11.5 Å². The summed E-state index contributed by atoms with van der Waals surface area (Å²) >= 11 is 3.48. The molecule has 2 fully saturated rings. The Bertz CT molecular complexity index is 2620. The first-order valence-electron chi connectivity index (χ1n) is 21.7. The fourth-order valence-corrected chi connectivity index (χ4v) is 8.80. The summed E-state index contributed by atoms with van der Waals surface area (Å²) in [6.07, 6.45) is 13.6. The molecule has 9 nitrogen and oxygen atoms in total. The zero-order valence-electron chi connectivity index (χ0n) is 37.6. The number of hydrogen-bond acceptors (Lipinski definition) is 11. The molecule has 326 valence electrons. The van der Waals surface area contributed by atoms with Gasteiger partial charge in [-0.3, -0.25) is 0 Å². The van der Waals surface area contributed by atoms with Crippen LogP contribution in [0.3, 0.4) is 0 Å². The van der Waals surface area contributed by atoms with Crippen molar-refractivity contribution in [2.45, 2.75) is 92.8 Å². The zero-order valence-corrected chi connectivity index (χ0v) is 39.3. The minimum atomic E-state index is -0.0317. The number of benzene rings is 2. The number of thiazole rings is 2. The standard InChI is InChI=1S/C27H32N4OS.C25H27N3OS/c1-27(2,3)11-8-19-6-5-7-20(14-19)18-32-23-15-22(16-29-25(23)28)26-30-17-24(33-26)21-9-12-31(4)13-10-21;1-25(2,3)10-9-17-5-4-6-19(11-17)16-29-21-13-20(14-28-24(21)26)22-15-27-23(30-22)12-18-7-8-18/h5-7,14-17,21H,9-10,12-13,18H2,1-4H3,(H2,28,29);4-6,11,13-15,18H,7-8,12,16H2,1-3H3,(H2,26,28). The second-order valence-electron chi connectivity index (χ2n) is 18.6. The Morgan fingerprint density at radius 2 is 1.22 bits per heavy atom. The Labute approximate surface area is 381 Å². The smallest absolute Gasteiger partial charge is 0.166 e. The van der Waals surface area contributed by atoms with Gasteiger partial charge in [0, 0.05) is 69.2 Å². The molecule has 4 aromatic heterocycles. The van der Waals surface area contributed by atoms with Gasteiger partial charge in [0.15, 0.2) is 23.1 Å². The van der Waals surface area contributed by atoms with E-state index in [1.165, 1.54) is 35.6 Å². The minimum Gasteiger partial charge on any atom is -0.485 e. The van der Waals surface area contributed by atoms with E-state index in [2.05, 4.69) is 109 Å². The number of rotatable bonds is 11. The van der Waals surface area contributed by atoms with Crippen molar-refractivity contribution in [3.05, 3.63) is 118 Å². The Balaban J connectivity index is 0.000000190. The predicted molar refractivity (Wildman–Crippen MR) is 260 cm³/mol. The molecule has 0 bridgehead atoms. The summed E-state index contributed by atoms with van der Waals surface area (Å²) in [5.41, 5.74) is 18.1. The van der Waals surface area contributed by atoms with Crippen LogP contribution in [0.1, 0.15) is 105 Å². The highest BCUT2D eigenvalue weighted by Crippen LogP contribution is 2.38. The van der Waals surface area contributed by atoms with Gasteiger partial charge in [0.2, 0.25) is 0 Å². The number of aromatic nitrogens is 4. The van der Waals surface area contributed by atoms with Crippen LogP contribution in [0, 0.1) is 40.4 Å². The molecule has 11 heteroatoms. The molecular formula is C52H59N7O2S2. The van der Waals surface area contributed by atoms with E-state index in [1.807, 2.05) is 60.9 Å². The molecule has 0 atom stereocenters. The van der Waals surface area contributed by atoms with E-state index in [0.717, 1.165) is 68.7 Å². The summed E-state index contributed by atoms with van der Waals surface area (Å²) in [6.45, 7) is 15.7. The number of ether oxygens (including phenoxy) is 2. The Kier molecular flexibility index (Phi) is 14.5. The summed E-state index contributed by atoms with van der Waals surface area (Å²) in [5, 5.41) is 2.15. The topological polar surface area (TPSA) is 125 Å². The number of nitrogens with zero attached hydrogens (tertiary/aromatic N) is 5. The molecule has 1 saturated heterocycles. The summed E-state index contributed by atoms with van der Waals surface area (Å²) in [7, 11) is 2.19. The average molecular weight is 878 g/mol. The molecule has 8 rings (SSSR count). The Morgan fingerprint density at radius 1 is 0.667 bits per heavy atom. The highest BCUT2D eigenvalue weighted by molar-refractivity contribution is 7.15. The summed E-state index contributed by atoms with van der Waals surface area (Å²) in [5.74, 6) is 16.4. The monoisotopic (exact) mass is 877 g/mol. The highest BCUT2D eigenvalue weighted by atomic mass is 32.1. The van der Waals surface area contributed by atoms with Crippen molar-refractivity contribution in [1.82, 2.24) is 24.8 Å². The van der Waals surface area contributed by atoms with Crippen LogP contribution < -0.4 is 20.9 Å². The molecule has 5 heterocycles. The maximum Gasteiger partial charge on any atom is 0.166 e. The van der Waals surface area contributed by atoms with E-state index in [-0.39, 0.29) is 10.8 Å². The van der Waals surface area contributed by atoms with Crippen LogP contribution in [0.4, 0.5) is 11.6 Å². The normalized spacial score (nSPS) is 14.4. The molecule has 2 aliphatic rings. The van der Waals surface area contributed by atoms with Gasteiger partial charge in [-0.15, -0.1) is 22.7 Å². The van der Waals surface area contributed by atoms with E-state index < -0.39 is 0 Å². The molecule has 63 heavy (non-hydrogen) atoms. The van der Waals surface area contributed by atoms with Crippen LogP contribution in [0.25, 0.3) is 21.0 Å². The molecule has 0 unspecified atom stereocenters. The van der Waals surface area contributed by atoms with Crippen molar-refractivity contribution >= 4 is 34.3 Å². The van der Waals surface area contributed by atoms with Crippen LogP contribution in [-0.2, 0) is 19.6 Å². The number of hydrogen-bond donors (Lipinski definition) is 2. The second-order valence-corrected chi connectivity index (χ2v) is 20.8. The molecule has 1 aliphatic heterocycles. The van der Waals surface area contributed by atoms with Gasteiger partial charge in [0.25, 0.3) is 0 Å². The molecule has 1 aliphatic carbocycles. The van der Waals surface area contributed by atoms with E-state index in [9.17, 15) is 0 Å². The van der Waals surface area contributed by atoms with E-state index in [0.29, 0.717) is 42.3 Å². The lowest BCUT2D eigenvalue weighted by molar-refractivity contribution is 0.257. The van der Waals surface area contributed by atoms with Crippen LogP contribution >= 0.6 is 22.7 Å². The average Bonchev–Trinajstić information content (AvgIpc) is 3.71. The first-order valence-corrected chi connectivity index (χ1v) is 23.4. The van der Waals surface area contributed by atoms with Gasteiger partial charge in [-0.1, -0.05) is 47.9 Å². The molecule has 1 saturated carbocycles. The molecule has 0 radical (unpaired) electrons. The largest absolute Gasteiger partial charge is 0.485 e. The quantitative estimate of drug-likeness (QED) is 0.122. The molecule has 0 amide bonds. The zero-order chi connectivity index (χ0) is 44.6. The van der Waals surface area contributed by atoms with Gasteiger partial charge >= 0.3 is 0 Å². The third-order valence-corrected chi connectivity index (χ3v) is 12.7. The summed E-state index contributed by atoms with van der Waals surface area (Å²) < 4.78 is 12.1. The fourth-order valence-electron chi connectivity index (χ4n) is 6.72. The predicted octanol–water partition coefficient (Wildman–Crippen LogP) is 11.3. The number of piperidine rings is 1. The van der Waals surface area contributed by atoms with Crippen molar-refractivity contribution in [2.24, 2.45) is 16.7 Å². The third kappa shape index (κ3) is 13.9. The Hall–Kier alpha value is -5.72. The van der Waals surface area contributed by atoms with Crippen LogP contribution in [-0.4, -0.2) is 45.0 Å². The second kappa shape index (κ2) is 20.2. The van der Waals surface area contributed by atoms with Crippen molar-refractivity contribution in [3.8, 4) is 56.2 Å². The van der Waals surface area contributed by atoms with Gasteiger partial charge in [-0.2, -0.15) is 0 Å². The van der Waals surface area contributed by atoms with Crippen molar-refractivity contribution < 1.29 is 9.47 Å². The van der Waals surface area contributed by atoms with Crippen molar-refractivity contribution in [1.29, 1.82) is 0 Å². The first-order chi connectivity index (χ1) is 30.1. The number of likely N-dealkylation sites (tertiary alicyclic amines) is 1. The van der Waals surface area contributed by atoms with E-state index in [1.54, 1.807) is 35.1 Å². The summed E-state index contributed by atoms with van der Waals surface area (Å²) in [4.78, 5) is 22.8. The highest BCUT2D eigenvalue weighted by Gasteiger charge is 2.24. The maximum absolute atomic E-state index is 6.11. The Morgan fingerprint density at radius 3 is 1.78 bits per heavy atom. The van der Waals surface area contributed by atoms with Gasteiger partial charge in [0.05, 0.1) is 9.88 Å². The van der Waals surface area contributed by atoms with Gasteiger partial charge < -0.3 is 25.8 Å². The first kappa shape index (κ1) is 45.3. The number of anilines is 2. The molecule has 4 N–H and O–H groups in total. The van der Waals surface area contributed by atoms with E-state index in [4.69, 9.17) is 20.9 Å². The molecule has 6 aromatic rings. The number of nitrogen functional groups attached to an aromatic ring is 2. The minimum absolute atomic E-state index is 0.0256. The van der Waals surface area contributed by atoms with Gasteiger partial charge in [-0.25, -0.2) is 19.9 Å². The molecule has 0 spiro atoms. The van der Waals surface area contributed by atoms with E-state index >= 15 is 0 Å². The lowest BCUT2D eigenvalue weighted by atomic mass is 9.96. The maximum atomic E-state index is 6.11. The lowest BCUT2D eigenvalue weighted by Crippen LogP contribution is -2.28. The van der Waals surface area contributed by atoms with Gasteiger partial charge in [-0.05, 0) is 147 Å². The van der Waals surface area contributed by atoms with Crippen molar-refractivity contribution in [3.63, 3.8) is 0 Å². The van der Waals surface area contributed by atoms with Crippen LogP contribution in [0.2, 0.25) is 0 Å². The van der Waals surface area contributed by atoms with Crippen LogP contribution in [0.15, 0.2) is 85.5 Å². The third-order valence-electron chi connectivity index (χ3n) is 10.5. The fraction of sp³-hybridized carbons (Fsp3) is 0.385.